The molecular formula is C19H23N7. The fourth-order valence-electron chi connectivity index (χ4n) is 4.23. The Labute approximate surface area is 152 Å². The van der Waals surface area contributed by atoms with E-state index in [2.05, 4.69) is 40.6 Å². The second-order valence-corrected chi connectivity index (χ2v) is 7.27. The number of nitrogens with zero attached hydrogens (tertiary/aromatic N) is 7. The van der Waals surface area contributed by atoms with Gasteiger partial charge in [0.05, 0.1) is 11.6 Å². The second-order valence-electron chi connectivity index (χ2n) is 7.27. The molecule has 3 heterocycles. The minimum Gasteiger partial charge on any atom is -0.229 e. The Bertz CT molecular complexity index is 939. The Hall–Kier alpha value is -2.57. The van der Waals surface area contributed by atoms with E-state index in [0.29, 0.717) is 0 Å². The molecular weight excluding hydrogens is 326 g/mol. The van der Waals surface area contributed by atoms with Crippen molar-refractivity contribution in [2.45, 2.75) is 64.3 Å². The van der Waals surface area contributed by atoms with Crippen LogP contribution in [0.2, 0.25) is 0 Å². The summed E-state index contributed by atoms with van der Waals surface area (Å²) >= 11 is 0. The van der Waals surface area contributed by atoms with Crippen molar-refractivity contribution in [2.24, 2.45) is 0 Å². The SMILES string of the molecule is CCc1nc(C2CCCCn3nnnc32)n(-c2ccc3c(c2)CCC3)n1. The Morgan fingerprint density at radius 2 is 2.00 bits per heavy atom. The topological polar surface area (TPSA) is 74.3 Å². The van der Waals surface area contributed by atoms with Gasteiger partial charge in [0.25, 0.3) is 0 Å². The van der Waals surface area contributed by atoms with Gasteiger partial charge in [-0.05, 0) is 65.8 Å². The van der Waals surface area contributed by atoms with Crippen molar-refractivity contribution in [3.05, 3.63) is 46.8 Å². The number of fused-ring (bicyclic) bond motifs is 2. The monoisotopic (exact) mass is 349 g/mol. The van der Waals surface area contributed by atoms with Crippen LogP contribution >= 0.6 is 0 Å². The molecule has 1 aliphatic heterocycles. The molecule has 0 fully saturated rings. The lowest BCUT2D eigenvalue weighted by molar-refractivity contribution is 0.556. The highest BCUT2D eigenvalue weighted by Gasteiger charge is 2.29. The summed E-state index contributed by atoms with van der Waals surface area (Å²) in [6.45, 7) is 2.98. The van der Waals surface area contributed by atoms with Crippen molar-refractivity contribution >= 4 is 0 Å². The van der Waals surface area contributed by atoms with Gasteiger partial charge in [0, 0.05) is 13.0 Å². The molecule has 0 bridgehead atoms. The standard InChI is InChI=1S/C19H23N7/c1-2-17-20-18(16-8-3-4-11-25-19(16)21-23-24-25)26(22-17)15-10-9-13-6-5-7-14(13)12-15/h9-10,12,16H,2-8,11H2,1H3. The summed E-state index contributed by atoms with van der Waals surface area (Å²) in [4.78, 5) is 4.89. The lowest BCUT2D eigenvalue weighted by Gasteiger charge is -2.14. The molecule has 3 aromatic rings. The van der Waals surface area contributed by atoms with E-state index in [1.165, 1.54) is 24.0 Å². The molecule has 1 aliphatic carbocycles. The van der Waals surface area contributed by atoms with Crippen molar-refractivity contribution in [1.82, 2.24) is 35.0 Å². The maximum absolute atomic E-state index is 4.89. The van der Waals surface area contributed by atoms with E-state index in [0.717, 1.165) is 61.8 Å². The fraction of sp³-hybridized carbons (Fsp3) is 0.526. The van der Waals surface area contributed by atoms with Crippen LogP contribution in [0.1, 0.15) is 67.1 Å². The van der Waals surface area contributed by atoms with E-state index in [1.54, 1.807) is 0 Å². The third-order valence-electron chi connectivity index (χ3n) is 5.61. The first kappa shape index (κ1) is 15.7. The third kappa shape index (κ3) is 2.53. The van der Waals surface area contributed by atoms with Crippen LogP contribution < -0.4 is 0 Å². The molecule has 26 heavy (non-hydrogen) atoms. The van der Waals surface area contributed by atoms with Crippen molar-refractivity contribution < 1.29 is 0 Å². The number of benzene rings is 1. The first-order chi connectivity index (χ1) is 12.8. The van der Waals surface area contributed by atoms with Gasteiger partial charge >= 0.3 is 0 Å². The average molecular weight is 349 g/mol. The summed E-state index contributed by atoms with van der Waals surface area (Å²) in [5, 5.41) is 17.2. The van der Waals surface area contributed by atoms with Gasteiger partial charge in [-0.25, -0.2) is 14.3 Å². The van der Waals surface area contributed by atoms with E-state index in [4.69, 9.17) is 10.1 Å². The highest BCUT2D eigenvalue weighted by atomic mass is 15.5. The molecule has 1 atom stereocenters. The highest BCUT2D eigenvalue weighted by Crippen LogP contribution is 2.32. The van der Waals surface area contributed by atoms with Gasteiger partial charge in [0.15, 0.2) is 11.6 Å². The molecule has 7 heteroatoms. The zero-order valence-corrected chi connectivity index (χ0v) is 15.1. The van der Waals surface area contributed by atoms with Crippen LogP contribution in [0.3, 0.4) is 0 Å². The predicted octanol–water partition coefficient (Wildman–Crippen LogP) is 2.62. The molecule has 0 saturated heterocycles. The smallest absolute Gasteiger partial charge is 0.161 e. The van der Waals surface area contributed by atoms with Crippen LogP contribution in [-0.2, 0) is 25.8 Å². The lowest BCUT2D eigenvalue weighted by atomic mass is 10.0. The molecule has 1 aromatic carbocycles. The minimum atomic E-state index is 0.0913. The molecule has 7 nitrogen and oxygen atoms in total. The Morgan fingerprint density at radius 1 is 1.08 bits per heavy atom. The molecule has 5 rings (SSSR count). The molecule has 2 aromatic heterocycles. The second kappa shape index (κ2) is 6.30. The summed E-state index contributed by atoms with van der Waals surface area (Å²) in [6, 6.07) is 6.73. The van der Waals surface area contributed by atoms with Crippen molar-refractivity contribution in [3.63, 3.8) is 0 Å². The summed E-state index contributed by atoms with van der Waals surface area (Å²) in [5.74, 6) is 2.86. The molecule has 134 valence electrons. The van der Waals surface area contributed by atoms with E-state index in [-0.39, 0.29) is 5.92 Å². The molecule has 0 N–H and O–H groups in total. The van der Waals surface area contributed by atoms with Gasteiger partial charge in [-0.3, -0.25) is 0 Å². The van der Waals surface area contributed by atoms with Gasteiger partial charge in [-0.2, -0.15) is 5.10 Å². The predicted molar refractivity (Wildman–Crippen MR) is 96.3 cm³/mol. The molecule has 0 radical (unpaired) electrons. The van der Waals surface area contributed by atoms with Gasteiger partial charge in [0.1, 0.15) is 5.82 Å². The number of hydrogen-bond acceptors (Lipinski definition) is 5. The van der Waals surface area contributed by atoms with Crippen LogP contribution in [-0.4, -0.2) is 35.0 Å². The van der Waals surface area contributed by atoms with Crippen molar-refractivity contribution in [2.75, 3.05) is 0 Å². The van der Waals surface area contributed by atoms with Gasteiger partial charge < -0.3 is 0 Å². The van der Waals surface area contributed by atoms with Crippen LogP contribution in [0.5, 0.6) is 0 Å². The number of aryl methyl sites for hydroxylation is 4. The minimum absolute atomic E-state index is 0.0913. The molecule has 2 aliphatic rings. The van der Waals surface area contributed by atoms with Crippen molar-refractivity contribution in [1.29, 1.82) is 0 Å². The number of tetrazole rings is 1. The van der Waals surface area contributed by atoms with Crippen LogP contribution in [0.15, 0.2) is 18.2 Å². The van der Waals surface area contributed by atoms with E-state index in [9.17, 15) is 0 Å². The average Bonchev–Trinajstić information content (AvgIpc) is 3.38. The van der Waals surface area contributed by atoms with Crippen LogP contribution in [0.25, 0.3) is 5.69 Å². The number of hydrogen-bond donors (Lipinski definition) is 0. The molecule has 1 unspecified atom stereocenters. The molecule has 0 spiro atoms. The van der Waals surface area contributed by atoms with Crippen LogP contribution in [0, 0.1) is 0 Å². The first-order valence-electron chi connectivity index (χ1n) is 9.67. The summed E-state index contributed by atoms with van der Waals surface area (Å²) in [6.07, 6.45) is 7.67. The Morgan fingerprint density at radius 3 is 2.92 bits per heavy atom. The van der Waals surface area contributed by atoms with E-state index < -0.39 is 0 Å². The highest BCUT2D eigenvalue weighted by molar-refractivity contribution is 5.43. The maximum atomic E-state index is 4.89. The van der Waals surface area contributed by atoms with Gasteiger partial charge in [-0.1, -0.05) is 19.4 Å². The summed E-state index contributed by atoms with van der Waals surface area (Å²) in [5.41, 5.74) is 4.04. The zero-order valence-electron chi connectivity index (χ0n) is 15.1. The van der Waals surface area contributed by atoms with E-state index in [1.807, 2.05) is 9.36 Å². The lowest BCUT2D eigenvalue weighted by Crippen LogP contribution is -2.14. The van der Waals surface area contributed by atoms with Crippen molar-refractivity contribution in [3.8, 4) is 5.69 Å². The third-order valence-corrected chi connectivity index (χ3v) is 5.61. The number of rotatable bonds is 3. The largest absolute Gasteiger partial charge is 0.229 e. The normalized spacial score (nSPS) is 19.2. The van der Waals surface area contributed by atoms with Crippen LogP contribution in [0.4, 0.5) is 0 Å². The Balaban J connectivity index is 1.63. The zero-order chi connectivity index (χ0) is 17.5. The van der Waals surface area contributed by atoms with Gasteiger partial charge in [0.2, 0.25) is 0 Å². The number of aromatic nitrogens is 7. The van der Waals surface area contributed by atoms with E-state index >= 15 is 0 Å². The Kier molecular flexibility index (Phi) is 3.80. The maximum Gasteiger partial charge on any atom is 0.161 e. The summed E-state index contributed by atoms with van der Waals surface area (Å²) in [7, 11) is 0. The van der Waals surface area contributed by atoms with Gasteiger partial charge in [-0.15, -0.1) is 5.10 Å². The first-order valence-corrected chi connectivity index (χ1v) is 9.67. The molecule has 0 amide bonds. The summed E-state index contributed by atoms with van der Waals surface area (Å²) < 4.78 is 3.97. The quantitative estimate of drug-likeness (QED) is 0.727. The fourth-order valence-corrected chi connectivity index (χ4v) is 4.23. The molecule has 0 saturated carbocycles.